The molecule has 0 heterocycles. The predicted octanol–water partition coefficient (Wildman–Crippen LogP) is 4.92. The quantitative estimate of drug-likeness (QED) is 0.308. The van der Waals surface area contributed by atoms with E-state index in [1.54, 1.807) is 62.6 Å². The van der Waals surface area contributed by atoms with Crippen molar-refractivity contribution in [1.82, 2.24) is 10.2 Å². The summed E-state index contributed by atoms with van der Waals surface area (Å²) < 4.78 is 47.5. The molecule has 1 atom stereocenters. The summed E-state index contributed by atoms with van der Waals surface area (Å²) in [5, 5.41) is 2.90. The Morgan fingerprint density at radius 3 is 2.10 bits per heavy atom. The monoisotopic (exact) mass is 583 g/mol. The highest BCUT2D eigenvalue weighted by Gasteiger charge is 2.33. The summed E-state index contributed by atoms with van der Waals surface area (Å²) in [4.78, 5) is 28.6. The second kappa shape index (κ2) is 14.1. The summed E-state index contributed by atoms with van der Waals surface area (Å²) >= 11 is 0. The van der Waals surface area contributed by atoms with E-state index in [0.717, 1.165) is 27.6 Å². The molecule has 41 heavy (non-hydrogen) atoms. The first-order chi connectivity index (χ1) is 19.5. The first-order valence-corrected chi connectivity index (χ1v) is 14.9. The Kier molecular flexibility index (Phi) is 10.9. The van der Waals surface area contributed by atoms with Crippen LogP contribution >= 0.6 is 0 Å². The van der Waals surface area contributed by atoms with Crippen LogP contribution in [0.4, 0.5) is 10.1 Å². The highest BCUT2D eigenvalue weighted by molar-refractivity contribution is 7.92. The average Bonchev–Trinajstić information content (AvgIpc) is 2.95. The van der Waals surface area contributed by atoms with Crippen LogP contribution in [0.5, 0.6) is 5.75 Å². The molecular weight excluding hydrogens is 545 g/mol. The number of nitrogens with zero attached hydrogens (tertiary/aromatic N) is 2. The predicted molar refractivity (Wildman–Crippen MR) is 158 cm³/mol. The molecular formula is C31H38FN3O5S. The second-order valence-corrected chi connectivity index (χ2v) is 12.1. The van der Waals surface area contributed by atoms with Crippen LogP contribution in [0, 0.1) is 18.7 Å². The van der Waals surface area contributed by atoms with Gasteiger partial charge in [-0.25, -0.2) is 12.8 Å². The molecule has 0 bridgehead atoms. The van der Waals surface area contributed by atoms with Crippen molar-refractivity contribution >= 4 is 27.5 Å². The maximum absolute atomic E-state index is 14.1. The van der Waals surface area contributed by atoms with Crippen LogP contribution in [-0.2, 0) is 26.2 Å². The summed E-state index contributed by atoms with van der Waals surface area (Å²) in [6, 6.07) is 17.5. The van der Waals surface area contributed by atoms with Gasteiger partial charge in [0.15, 0.2) is 0 Å². The topological polar surface area (TPSA) is 96.0 Å². The van der Waals surface area contributed by atoms with E-state index in [0.29, 0.717) is 18.7 Å². The third-order valence-corrected chi connectivity index (χ3v) is 8.37. The highest BCUT2D eigenvalue weighted by Crippen LogP contribution is 2.26. The molecule has 0 aliphatic carbocycles. The molecule has 0 aliphatic heterocycles. The number of halogens is 1. The molecule has 0 saturated carbocycles. The van der Waals surface area contributed by atoms with Crippen molar-refractivity contribution in [2.75, 3.05) is 24.5 Å². The highest BCUT2D eigenvalue weighted by atomic mass is 32.2. The van der Waals surface area contributed by atoms with Crippen LogP contribution in [0.3, 0.4) is 0 Å². The lowest BCUT2D eigenvalue weighted by molar-refractivity contribution is -0.140. The van der Waals surface area contributed by atoms with Gasteiger partial charge in [0.1, 0.15) is 24.2 Å². The fraction of sp³-hybridized carbons (Fsp3) is 0.355. The normalized spacial score (nSPS) is 12.1. The lowest BCUT2D eigenvalue weighted by Crippen LogP contribution is -2.52. The molecule has 0 aromatic heterocycles. The molecule has 8 nitrogen and oxygen atoms in total. The lowest BCUT2D eigenvalue weighted by Gasteiger charge is -2.33. The number of hydrogen-bond donors (Lipinski definition) is 1. The van der Waals surface area contributed by atoms with Crippen molar-refractivity contribution in [2.45, 2.75) is 51.6 Å². The van der Waals surface area contributed by atoms with E-state index < -0.39 is 34.3 Å². The second-order valence-electron chi connectivity index (χ2n) is 10.2. The van der Waals surface area contributed by atoms with E-state index in [4.69, 9.17) is 4.74 Å². The SMILES string of the molecule is CCC(C(=O)NCC(C)C)N(Cc1ccc(OC)cc1)C(=O)CN(c1ccc(C)cc1)S(=O)(=O)c1ccc(F)cc1. The number of hydrogen-bond acceptors (Lipinski definition) is 5. The van der Waals surface area contributed by atoms with Crippen LogP contribution < -0.4 is 14.4 Å². The molecule has 10 heteroatoms. The fourth-order valence-electron chi connectivity index (χ4n) is 4.24. The van der Waals surface area contributed by atoms with Gasteiger partial charge in [0, 0.05) is 13.1 Å². The molecule has 0 aliphatic rings. The first kappa shape index (κ1) is 31.6. The molecule has 1 N–H and O–H groups in total. The van der Waals surface area contributed by atoms with E-state index in [9.17, 15) is 22.4 Å². The Morgan fingerprint density at radius 2 is 1.56 bits per heavy atom. The average molecular weight is 584 g/mol. The lowest BCUT2D eigenvalue weighted by atomic mass is 10.1. The Hall–Kier alpha value is -3.92. The fourth-order valence-corrected chi connectivity index (χ4v) is 5.66. The third-order valence-electron chi connectivity index (χ3n) is 6.58. The zero-order valence-electron chi connectivity index (χ0n) is 24.1. The van der Waals surface area contributed by atoms with E-state index in [2.05, 4.69) is 5.32 Å². The van der Waals surface area contributed by atoms with Crippen molar-refractivity contribution in [3.05, 3.63) is 89.7 Å². The molecule has 0 radical (unpaired) electrons. The number of nitrogens with one attached hydrogen (secondary N) is 1. The smallest absolute Gasteiger partial charge is 0.264 e. The van der Waals surface area contributed by atoms with Gasteiger partial charge >= 0.3 is 0 Å². The molecule has 3 aromatic rings. The Morgan fingerprint density at radius 1 is 0.951 bits per heavy atom. The van der Waals surface area contributed by atoms with Crippen LogP contribution in [0.25, 0.3) is 0 Å². The standard InChI is InChI=1S/C31H38FN3O5S/c1-6-29(31(37)33-19-22(2)3)34(20-24-9-15-27(40-5)16-10-24)30(36)21-35(26-13-7-23(4)8-14-26)41(38,39)28-17-11-25(32)12-18-28/h7-18,22,29H,6,19-21H2,1-5H3,(H,33,37). The van der Waals surface area contributed by atoms with Gasteiger partial charge < -0.3 is 15.0 Å². The van der Waals surface area contributed by atoms with Crippen molar-refractivity contribution in [1.29, 1.82) is 0 Å². The van der Waals surface area contributed by atoms with E-state index >= 15 is 0 Å². The minimum absolute atomic E-state index is 0.0781. The summed E-state index contributed by atoms with van der Waals surface area (Å²) in [5.41, 5.74) is 1.93. The Balaban J connectivity index is 2.03. The molecule has 220 valence electrons. The number of anilines is 1. The van der Waals surface area contributed by atoms with Gasteiger partial charge in [0.05, 0.1) is 17.7 Å². The van der Waals surface area contributed by atoms with Gasteiger partial charge in [-0.2, -0.15) is 0 Å². The summed E-state index contributed by atoms with van der Waals surface area (Å²) in [6.45, 7) is 7.57. The molecule has 2 amide bonds. The number of ether oxygens (including phenoxy) is 1. The number of carbonyl (C=O) groups excluding carboxylic acids is 2. The van der Waals surface area contributed by atoms with Gasteiger partial charge in [0.2, 0.25) is 11.8 Å². The first-order valence-electron chi connectivity index (χ1n) is 13.5. The Labute approximate surface area is 242 Å². The molecule has 3 aromatic carbocycles. The number of rotatable bonds is 13. The van der Waals surface area contributed by atoms with E-state index in [1.165, 1.54) is 17.0 Å². The van der Waals surface area contributed by atoms with Gasteiger partial charge in [-0.1, -0.05) is 50.6 Å². The molecule has 3 rings (SSSR count). The minimum Gasteiger partial charge on any atom is -0.497 e. The summed E-state index contributed by atoms with van der Waals surface area (Å²) in [6.07, 6.45) is 0.321. The van der Waals surface area contributed by atoms with Crippen LogP contribution in [0.1, 0.15) is 38.3 Å². The maximum atomic E-state index is 14.1. The van der Waals surface area contributed by atoms with Crippen LogP contribution in [0.2, 0.25) is 0 Å². The Bertz CT molecular complexity index is 1410. The number of sulfonamides is 1. The number of aryl methyl sites for hydroxylation is 1. The number of amides is 2. The zero-order chi connectivity index (χ0) is 30.2. The number of carbonyl (C=O) groups is 2. The number of methoxy groups -OCH3 is 1. The summed E-state index contributed by atoms with van der Waals surface area (Å²) in [5.74, 6) is -0.597. The minimum atomic E-state index is -4.27. The van der Waals surface area contributed by atoms with Crippen LogP contribution in [0.15, 0.2) is 77.7 Å². The van der Waals surface area contributed by atoms with E-state index in [-0.39, 0.29) is 29.0 Å². The zero-order valence-corrected chi connectivity index (χ0v) is 24.9. The van der Waals surface area contributed by atoms with Crippen molar-refractivity contribution in [3.63, 3.8) is 0 Å². The van der Waals surface area contributed by atoms with E-state index in [1.807, 2.05) is 20.8 Å². The molecule has 1 unspecified atom stereocenters. The van der Waals surface area contributed by atoms with Gasteiger partial charge in [-0.15, -0.1) is 0 Å². The molecule has 0 fully saturated rings. The summed E-state index contributed by atoms with van der Waals surface area (Å²) in [7, 11) is -2.71. The van der Waals surface area contributed by atoms with Crippen molar-refractivity contribution in [3.8, 4) is 5.75 Å². The van der Waals surface area contributed by atoms with Crippen LogP contribution in [-0.4, -0.2) is 51.4 Å². The molecule has 0 saturated heterocycles. The van der Waals surface area contributed by atoms with Crippen molar-refractivity contribution < 1.29 is 27.1 Å². The van der Waals surface area contributed by atoms with Gasteiger partial charge in [0.25, 0.3) is 10.0 Å². The molecule has 0 spiro atoms. The number of benzene rings is 3. The van der Waals surface area contributed by atoms with Gasteiger partial charge in [-0.3, -0.25) is 13.9 Å². The van der Waals surface area contributed by atoms with Gasteiger partial charge in [-0.05, 0) is 73.4 Å². The van der Waals surface area contributed by atoms with Crippen molar-refractivity contribution in [2.24, 2.45) is 5.92 Å². The maximum Gasteiger partial charge on any atom is 0.264 e. The third kappa shape index (κ3) is 8.29. The largest absolute Gasteiger partial charge is 0.497 e.